The zero-order valence-corrected chi connectivity index (χ0v) is 20.2. The van der Waals surface area contributed by atoms with Crippen molar-refractivity contribution in [2.45, 2.75) is 6.54 Å². The van der Waals surface area contributed by atoms with Crippen molar-refractivity contribution in [1.82, 2.24) is 15.2 Å². The number of rotatable bonds is 7. The van der Waals surface area contributed by atoms with E-state index in [-0.39, 0.29) is 25.2 Å². The lowest BCUT2D eigenvalue weighted by Gasteiger charge is -2.36. The van der Waals surface area contributed by atoms with E-state index in [9.17, 15) is 9.59 Å². The van der Waals surface area contributed by atoms with Gasteiger partial charge in [-0.15, -0.1) is 0 Å². The second-order valence-corrected chi connectivity index (χ2v) is 8.80. The van der Waals surface area contributed by atoms with Gasteiger partial charge >= 0.3 is 0 Å². The van der Waals surface area contributed by atoms with Gasteiger partial charge in [-0.05, 0) is 48.0 Å². The van der Waals surface area contributed by atoms with Gasteiger partial charge in [-0.1, -0.05) is 23.7 Å². The summed E-state index contributed by atoms with van der Waals surface area (Å²) in [6, 6.07) is 16.0. The Morgan fingerprint density at radius 1 is 1.00 bits per heavy atom. The summed E-state index contributed by atoms with van der Waals surface area (Å²) < 4.78 is 16.3. The Morgan fingerprint density at radius 2 is 1.83 bits per heavy atom. The molecule has 36 heavy (non-hydrogen) atoms. The van der Waals surface area contributed by atoms with E-state index in [0.29, 0.717) is 66.4 Å². The van der Waals surface area contributed by atoms with Crippen molar-refractivity contribution in [3.05, 3.63) is 76.9 Å². The highest BCUT2D eigenvalue weighted by atomic mass is 35.5. The standard InChI is InChI=1S/C26H25ClN4O5/c27-19-3-1-4-20(14-19)34-16-24(32)30-9-11-31(12-10-30)25-21(5-2-8-28-25)26(33)29-15-18-6-7-22-23(13-18)36-17-35-22/h1-8,13-14H,9-12,15-17H2,(H,29,33). The minimum atomic E-state index is -0.218. The number of amides is 2. The van der Waals surface area contributed by atoms with Gasteiger partial charge in [0.25, 0.3) is 11.8 Å². The number of aromatic nitrogens is 1. The Hall–Kier alpha value is -3.98. The molecule has 3 heterocycles. The number of benzene rings is 2. The molecule has 1 aromatic heterocycles. The number of fused-ring (bicyclic) bond motifs is 1. The number of anilines is 1. The highest BCUT2D eigenvalue weighted by Gasteiger charge is 2.25. The van der Waals surface area contributed by atoms with Gasteiger partial charge in [0, 0.05) is 43.9 Å². The van der Waals surface area contributed by atoms with E-state index in [1.165, 1.54) is 0 Å². The van der Waals surface area contributed by atoms with Crippen LogP contribution in [0.25, 0.3) is 0 Å². The first-order valence-electron chi connectivity index (χ1n) is 11.6. The van der Waals surface area contributed by atoms with Crippen LogP contribution in [0.2, 0.25) is 5.02 Å². The predicted molar refractivity (Wildman–Crippen MR) is 134 cm³/mol. The minimum Gasteiger partial charge on any atom is -0.484 e. The smallest absolute Gasteiger partial charge is 0.260 e. The van der Waals surface area contributed by atoms with E-state index >= 15 is 0 Å². The quantitative estimate of drug-likeness (QED) is 0.524. The fourth-order valence-electron chi connectivity index (χ4n) is 4.12. The highest BCUT2D eigenvalue weighted by Crippen LogP contribution is 2.32. The summed E-state index contributed by atoms with van der Waals surface area (Å²) >= 11 is 5.96. The summed E-state index contributed by atoms with van der Waals surface area (Å²) in [6.07, 6.45) is 1.67. The minimum absolute atomic E-state index is 0.0581. The molecule has 1 saturated heterocycles. The largest absolute Gasteiger partial charge is 0.484 e. The third-order valence-electron chi connectivity index (χ3n) is 6.01. The maximum Gasteiger partial charge on any atom is 0.260 e. The number of halogens is 1. The number of ether oxygens (including phenoxy) is 3. The van der Waals surface area contributed by atoms with Crippen LogP contribution in [-0.4, -0.2) is 61.3 Å². The lowest BCUT2D eigenvalue weighted by molar-refractivity contribution is -0.133. The lowest BCUT2D eigenvalue weighted by atomic mass is 10.1. The average Bonchev–Trinajstić information content (AvgIpc) is 3.38. The van der Waals surface area contributed by atoms with Crippen LogP contribution in [0.1, 0.15) is 15.9 Å². The molecule has 2 amide bonds. The first-order valence-corrected chi connectivity index (χ1v) is 12.0. The molecule has 1 N–H and O–H groups in total. The molecule has 0 aliphatic carbocycles. The second kappa shape index (κ2) is 10.7. The van der Waals surface area contributed by atoms with Gasteiger partial charge in [0.1, 0.15) is 11.6 Å². The first kappa shape index (κ1) is 23.7. The Labute approximate surface area is 213 Å². The van der Waals surface area contributed by atoms with E-state index in [1.807, 2.05) is 23.1 Å². The van der Waals surface area contributed by atoms with Crippen molar-refractivity contribution in [2.75, 3.05) is 44.5 Å². The maximum atomic E-state index is 13.0. The topological polar surface area (TPSA) is 93.2 Å². The molecule has 2 aliphatic heterocycles. The predicted octanol–water partition coefficient (Wildman–Crippen LogP) is 3.12. The van der Waals surface area contributed by atoms with Gasteiger partial charge in [0.05, 0.1) is 5.56 Å². The fraction of sp³-hybridized carbons (Fsp3) is 0.269. The average molecular weight is 509 g/mol. The summed E-state index contributed by atoms with van der Waals surface area (Å²) in [5.41, 5.74) is 1.40. The van der Waals surface area contributed by atoms with Gasteiger partial charge in [-0.25, -0.2) is 4.98 Å². The maximum absolute atomic E-state index is 13.0. The van der Waals surface area contributed by atoms with E-state index < -0.39 is 0 Å². The number of nitrogens with zero attached hydrogens (tertiary/aromatic N) is 3. The van der Waals surface area contributed by atoms with Crippen molar-refractivity contribution in [3.63, 3.8) is 0 Å². The second-order valence-electron chi connectivity index (χ2n) is 8.36. The van der Waals surface area contributed by atoms with Crippen LogP contribution in [0.15, 0.2) is 60.8 Å². The molecule has 5 rings (SSSR count). The van der Waals surface area contributed by atoms with Gasteiger partial charge in [0.15, 0.2) is 18.1 Å². The highest BCUT2D eigenvalue weighted by molar-refractivity contribution is 6.30. The molecular formula is C26H25ClN4O5. The van der Waals surface area contributed by atoms with Crippen molar-refractivity contribution in [2.24, 2.45) is 0 Å². The number of hydrogen-bond acceptors (Lipinski definition) is 7. The molecule has 2 aliphatic rings. The fourth-order valence-corrected chi connectivity index (χ4v) is 4.30. The summed E-state index contributed by atoms with van der Waals surface area (Å²) in [4.78, 5) is 33.9. The number of nitrogens with one attached hydrogen (secondary N) is 1. The Kier molecular flexibility index (Phi) is 7.08. The monoisotopic (exact) mass is 508 g/mol. The van der Waals surface area contributed by atoms with E-state index in [0.717, 1.165) is 5.56 Å². The van der Waals surface area contributed by atoms with Crippen molar-refractivity contribution in [1.29, 1.82) is 0 Å². The van der Waals surface area contributed by atoms with Crippen LogP contribution >= 0.6 is 11.6 Å². The van der Waals surface area contributed by atoms with Crippen LogP contribution in [0, 0.1) is 0 Å². The molecule has 0 radical (unpaired) electrons. The van der Waals surface area contributed by atoms with Crippen molar-refractivity contribution < 1.29 is 23.8 Å². The van der Waals surface area contributed by atoms with Crippen LogP contribution in [0.3, 0.4) is 0 Å². The summed E-state index contributed by atoms with van der Waals surface area (Å²) in [6.45, 7) is 2.62. The van der Waals surface area contributed by atoms with Crippen LogP contribution in [0.5, 0.6) is 17.2 Å². The SMILES string of the molecule is O=C(NCc1ccc2c(c1)OCO2)c1cccnc1N1CCN(C(=O)COc2cccc(Cl)c2)CC1. The molecule has 9 nitrogen and oxygen atoms in total. The van der Waals surface area contributed by atoms with Gasteiger partial charge < -0.3 is 29.3 Å². The Morgan fingerprint density at radius 3 is 2.67 bits per heavy atom. The molecule has 10 heteroatoms. The van der Waals surface area contributed by atoms with Crippen LogP contribution in [-0.2, 0) is 11.3 Å². The summed E-state index contributed by atoms with van der Waals surface area (Å²) in [5.74, 6) is 2.21. The Balaban J connectivity index is 1.16. The first-order chi connectivity index (χ1) is 17.6. The molecule has 186 valence electrons. The Bertz CT molecular complexity index is 1260. The molecule has 2 aromatic carbocycles. The molecule has 1 fully saturated rings. The zero-order valence-electron chi connectivity index (χ0n) is 19.5. The molecule has 0 unspecified atom stereocenters. The van der Waals surface area contributed by atoms with Gasteiger partial charge in [-0.2, -0.15) is 0 Å². The van der Waals surface area contributed by atoms with E-state index in [1.54, 1.807) is 47.5 Å². The number of pyridine rings is 1. The van der Waals surface area contributed by atoms with Gasteiger partial charge in [-0.3, -0.25) is 9.59 Å². The summed E-state index contributed by atoms with van der Waals surface area (Å²) in [7, 11) is 0. The van der Waals surface area contributed by atoms with E-state index in [4.69, 9.17) is 25.8 Å². The summed E-state index contributed by atoms with van der Waals surface area (Å²) in [5, 5.41) is 3.51. The van der Waals surface area contributed by atoms with Crippen LogP contribution in [0.4, 0.5) is 5.82 Å². The number of piperazine rings is 1. The molecule has 3 aromatic rings. The third kappa shape index (κ3) is 5.46. The normalized spacial score (nSPS) is 14.5. The molecule has 0 spiro atoms. The number of carbonyl (C=O) groups excluding carboxylic acids is 2. The number of carbonyl (C=O) groups is 2. The van der Waals surface area contributed by atoms with Crippen molar-refractivity contribution in [3.8, 4) is 17.2 Å². The molecule has 0 saturated carbocycles. The number of hydrogen-bond donors (Lipinski definition) is 1. The zero-order chi connectivity index (χ0) is 24.9. The van der Waals surface area contributed by atoms with Crippen LogP contribution < -0.4 is 24.4 Å². The van der Waals surface area contributed by atoms with Crippen molar-refractivity contribution >= 4 is 29.2 Å². The molecule has 0 bridgehead atoms. The molecule has 0 atom stereocenters. The van der Waals surface area contributed by atoms with Gasteiger partial charge in [0.2, 0.25) is 6.79 Å². The lowest BCUT2D eigenvalue weighted by Crippen LogP contribution is -2.50. The van der Waals surface area contributed by atoms with E-state index in [2.05, 4.69) is 10.3 Å². The molecular weight excluding hydrogens is 484 g/mol. The third-order valence-corrected chi connectivity index (χ3v) is 6.25.